The molecule has 152 valence electrons. The van der Waals surface area contributed by atoms with Gasteiger partial charge in [-0.15, -0.1) is 0 Å². The first-order chi connectivity index (χ1) is 14.1. The Kier molecular flexibility index (Phi) is 5.73. The normalized spacial score (nSPS) is 18.9. The molecule has 1 aliphatic heterocycles. The third kappa shape index (κ3) is 4.90. The Bertz CT molecular complexity index is 914. The number of aliphatic hydroxyl groups is 1. The average Bonchev–Trinajstić information content (AvgIpc) is 3.34. The fourth-order valence-electron chi connectivity index (χ4n) is 3.45. The van der Waals surface area contributed by atoms with Crippen LogP contribution in [0.5, 0.6) is 5.75 Å². The molecular formula is C21H26N6O2. The van der Waals surface area contributed by atoms with E-state index in [9.17, 15) is 5.11 Å². The Balaban J connectivity index is 1.23. The second kappa shape index (κ2) is 8.59. The van der Waals surface area contributed by atoms with Crippen molar-refractivity contribution in [1.82, 2.24) is 24.8 Å². The summed E-state index contributed by atoms with van der Waals surface area (Å²) in [5, 5.41) is 14.2. The van der Waals surface area contributed by atoms with Gasteiger partial charge in [0.1, 0.15) is 18.2 Å². The minimum absolute atomic E-state index is 0.440. The number of aryl methyl sites for hydroxylation is 1. The fraction of sp³-hybridized carbons (Fsp3) is 0.381. The first kappa shape index (κ1) is 19.4. The highest BCUT2D eigenvalue weighted by molar-refractivity contribution is 5.32. The molecule has 0 bridgehead atoms. The van der Waals surface area contributed by atoms with E-state index >= 15 is 0 Å². The summed E-state index contributed by atoms with van der Waals surface area (Å²) in [5.41, 5.74) is 0.365. The molecular weight excluding hydrogens is 368 g/mol. The zero-order chi connectivity index (χ0) is 20.1. The molecule has 1 fully saturated rings. The van der Waals surface area contributed by atoms with Crippen molar-refractivity contribution >= 4 is 5.95 Å². The van der Waals surface area contributed by atoms with Gasteiger partial charge in [0.15, 0.2) is 0 Å². The molecule has 0 radical (unpaired) electrons. The fourth-order valence-corrected chi connectivity index (χ4v) is 3.45. The molecule has 0 amide bonds. The lowest BCUT2D eigenvalue weighted by Crippen LogP contribution is -2.43. The van der Waals surface area contributed by atoms with E-state index in [0.717, 1.165) is 23.7 Å². The third-order valence-electron chi connectivity index (χ3n) is 5.16. The van der Waals surface area contributed by atoms with Crippen molar-refractivity contribution in [2.24, 2.45) is 7.05 Å². The van der Waals surface area contributed by atoms with Crippen LogP contribution in [-0.4, -0.2) is 49.9 Å². The zero-order valence-electron chi connectivity index (χ0n) is 16.5. The molecule has 0 aliphatic carbocycles. The van der Waals surface area contributed by atoms with Gasteiger partial charge < -0.3 is 24.6 Å². The van der Waals surface area contributed by atoms with Crippen LogP contribution in [0.25, 0.3) is 0 Å². The Labute approximate surface area is 170 Å². The molecule has 0 saturated carbocycles. The molecule has 2 N–H and O–H groups in total. The van der Waals surface area contributed by atoms with Crippen molar-refractivity contribution in [3.8, 4) is 5.75 Å². The lowest BCUT2D eigenvalue weighted by molar-refractivity contribution is 0.0626. The first-order valence-electron chi connectivity index (χ1n) is 9.74. The minimum atomic E-state index is -0.773. The van der Waals surface area contributed by atoms with Crippen LogP contribution in [0, 0.1) is 0 Å². The third-order valence-corrected chi connectivity index (χ3v) is 5.16. The molecule has 1 saturated heterocycles. The monoisotopic (exact) mass is 394 g/mol. The molecule has 1 aromatic carbocycles. The highest BCUT2D eigenvalue weighted by Crippen LogP contribution is 2.23. The lowest BCUT2D eigenvalue weighted by Gasteiger charge is -2.24. The first-order valence-corrected chi connectivity index (χ1v) is 9.74. The summed E-state index contributed by atoms with van der Waals surface area (Å²) in [6, 6.07) is 9.77. The summed E-state index contributed by atoms with van der Waals surface area (Å²) in [6.07, 6.45) is 7.80. The van der Waals surface area contributed by atoms with E-state index in [2.05, 4.69) is 20.3 Å². The molecule has 3 heterocycles. The highest BCUT2D eigenvalue weighted by Gasteiger charge is 2.36. The topological polar surface area (TPSA) is 88.3 Å². The van der Waals surface area contributed by atoms with Gasteiger partial charge in [-0.2, -0.15) is 0 Å². The van der Waals surface area contributed by atoms with Gasteiger partial charge >= 0.3 is 0 Å². The van der Waals surface area contributed by atoms with Gasteiger partial charge in [-0.05, 0) is 30.2 Å². The highest BCUT2D eigenvalue weighted by atomic mass is 16.5. The SMILES string of the molecule is Cn1ccnc1COc1ccc(CNC[C@]2(O)CCN(c3ncccn3)C2)cc1. The van der Waals surface area contributed by atoms with Gasteiger partial charge in [0.05, 0.1) is 12.1 Å². The number of aromatic nitrogens is 4. The predicted molar refractivity (Wildman–Crippen MR) is 110 cm³/mol. The van der Waals surface area contributed by atoms with Crippen LogP contribution in [0.2, 0.25) is 0 Å². The largest absolute Gasteiger partial charge is 0.486 e. The van der Waals surface area contributed by atoms with Gasteiger partial charge in [0.25, 0.3) is 0 Å². The van der Waals surface area contributed by atoms with Gasteiger partial charge in [0, 0.05) is 51.5 Å². The summed E-state index contributed by atoms with van der Waals surface area (Å²) in [7, 11) is 1.95. The average molecular weight is 394 g/mol. The number of rotatable bonds is 8. The van der Waals surface area contributed by atoms with Crippen LogP contribution in [0.4, 0.5) is 5.95 Å². The molecule has 8 nitrogen and oxygen atoms in total. The van der Waals surface area contributed by atoms with Gasteiger partial charge in [-0.1, -0.05) is 12.1 Å². The van der Waals surface area contributed by atoms with E-state index in [1.807, 2.05) is 47.0 Å². The van der Waals surface area contributed by atoms with Crippen LogP contribution >= 0.6 is 0 Å². The van der Waals surface area contributed by atoms with E-state index in [1.165, 1.54) is 0 Å². The molecule has 1 atom stereocenters. The van der Waals surface area contributed by atoms with Crippen LogP contribution in [0.3, 0.4) is 0 Å². The summed E-state index contributed by atoms with van der Waals surface area (Å²) in [4.78, 5) is 14.8. The van der Waals surface area contributed by atoms with Crippen LogP contribution in [0.15, 0.2) is 55.1 Å². The second-order valence-electron chi connectivity index (χ2n) is 7.44. The number of β-amino-alcohol motifs (C(OH)–C–C–N with tert-alkyl or cyclic N) is 1. The number of benzene rings is 1. The van der Waals surface area contributed by atoms with E-state index in [-0.39, 0.29) is 0 Å². The molecule has 2 aromatic heterocycles. The van der Waals surface area contributed by atoms with Crippen molar-refractivity contribution in [3.63, 3.8) is 0 Å². The van der Waals surface area contributed by atoms with Crippen molar-refractivity contribution < 1.29 is 9.84 Å². The van der Waals surface area contributed by atoms with E-state index < -0.39 is 5.60 Å². The molecule has 0 spiro atoms. The quantitative estimate of drug-likeness (QED) is 0.599. The van der Waals surface area contributed by atoms with Crippen molar-refractivity contribution in [3.05, 3.63) is 66.5 Å². The second-order valence-corrected chi connectivity index (χ2v) is 7.44. The number of anilines is 1. The summed E-state index contributed by atoms with van der Waals surface area (Å²) in [6.45, 7) is 2.93. The number of nitrogens with zero attached hydrogens (tertiary/aromatic N) is 5. The van der Waals surface area contributed by atoms with Crippen molar-refractivity contribution in [2.45, 2.75) is 25.2 Å². The Morgan fingerprint density at radius 3 is 2.66 bits per heavy atom. The maximum Gasteiger partial charge on any atom is 0.225 e. The van der Waals surface area contributed by atoms with Crippen LogP contribution in [0.1, 0.15) is 17.8 Å². The Morgan fingerprint density at radius 2 is 1.93 bits per heavy atom. The van der Waals surface area contributed by atoms with E-state index in [1.54, 1.807) is 24.7 Å². The number of hydrogen-bond donors (Lipinski definition) is 2. The number of ether oxygens (including phenoxy) is 1. The Morgan fingerprint density at radius 1 is 1.14 bits per heavy atom. The summed E-state index contributed by atoms with van der Waals surface area (Å²) < 4.78 is 7.72. The predicted octanol–water partition coefficient (Wildman–Crippen LogP) is 1.52. The van der Waals surface area contributed by atoms with E-state index in [4.69, 9.17) is 4.74 Å². The number of imidazole rings is 1. The molecule has 0 unspecified atom stereocenters. The van der Waals surface area contributed by atoms with E-state index in [0.29, 0.717) is 38.6 Å². The van der Waals surface area contributed by atoms with Gasteiger partial charge in [-0.3, -0.25) is 0 Å². The summed E-state index contributed by atoms with van der Waals surface area (Å²) >= 11 is 0. The van der Waals surface area contributed by atoms with Crippen molar-refractivity contribution in [2.75, 3.05) is 24.5 Å². The standard InChI is InChI=1S/C21H26N6O2/c1-26-12-10-23-19(26)14-29-18-5-3-17(4-6-18)13-22-15-21(28)7-11-27(16-21)20-24-8-2-9-25-20/h2-6,8-10,12,22,28H,7,11,13-16H2,1H3/t21-/m1/s1. The smallest absolute Gasteiger partial charge is 0.225 e. The molecule has 8 heteroatoms. The molecule has 3 aromatic rings. The maximum atomic E-state index is 10.8. The minimum Gasteiger partial charge on any atom is -0.486 e. The lowest BCUT2D eigenvalue weighted by atomic mass is 10.0. The maximum absolute atomic E-state index is 10.8. The van der Waals surface area contributed by atoms with Crippen LogP contribution in [-0.2, 0) is 20.2 Å². The number of hydrogen-bond acceptors (Lipinski definition) is 7. The zero-order valence-corrected chi connectivity index (χ0v) is 16.5. The van der Waals surface area contributed by atoms with Gasteiger partial charge in [0.2, 0.25) is 5.95 Å². The summed E-state index contributed by atoms with van der Waals surface area (Å²) in [5.74, 6) is 2.37. The number of nitrogens with one attached hydrogen (secondary N) is 1. The molecule has 4 rings (SSSR count). The van der Waals surface area contributed by atoms with Crippen LogP contribution < -0.4 is 15.0 Å². The van der Waals surface area contributed by atoms with Crippen molar-refractivity contribution in [1.29, 1.82) is 0 Å². The van der Waals surface area contributed by atoms with Gasteiger partial charge in [-0.25, -0.2) is 15.0 Å². The molecule has 29 heavy (non-hydrogen) atoms. The Hall–Kier alpha value is -2.97. The molecule has 1 aliphatic rings.